The van der Waals surface area contributed by atoms with E-state index in [-0.39, 0.29) is 23.3 Å². The van der Waals surface area contributed by atoms with Gasteiger partial charge in [-0.1, -0.05) is 0 Å². The number of benzene rings is 1. The van der Waals surface area contributed by atoms with Gasteiger partial charge in [-0.2, -0.15) is 15.0 Å². The summed E-state index contributed by atoms with van der Waals surface area (Å²) in [6.07, 6.45) is 0. The largest absolute Gasteiger partial charge is 0.467 e. The maximum atomic E-state index is 13.0. The van der Waals surface area contributed by atoms with Crippen molar-refractivity contribution in [3.05, 3.63) is 29.8 Å². The minimum atomic E-state index is -0.986. The van der Waals surface area contributed by atoms with E-state index in [1.165, 1.54) is 13.2 Å². The van der Waals surface area contributed by atoms with Gasteiger partial charge in [-0.05, 0) is 18.2 Å². The molecule has 0 bridgehead atoms. The standard InChI is InChI=1S/C10H8F2N4O/c1-17-10-15-8(14-9(13)16-10)5-2-3-6(11)7(12)4-5/h2-4H,1H3,(H2,13,14,15,16). The minimum Gasteiger partial charge on any atom is -0.467 e. The number of halogens is 2. The lowest BCUT2D eigenvalue weighted by molar-refractivity contribution is 0.379. The molecule has 2 aromatic rings. The molecule has 0 aliphatic heterocycles. The van der Waals surface area contributed by atoms with Crippen molar-refractivity contribution in [2.24, 2.45) is 0 Å². The predicted molar refractivity (Wildman–Crippen MR) is 56.1 cm³/mol. The van der Waals surface area contributed by atoms with Crippen LogP contribution in [0.3, 0.4) is 0 Å². The van der Waals surface area contributed by atoms with Gasteiger partial charge in [0.1, 0.15) is 0 Å². The molecule has 1 aromatic heterocycles. The Bertz CT molecular complexity index is 562. The van der Waals surface area contributed by atoms with Crippen LogP contribution in [0.2, 0.25) is 0 Å². The van der Waals surface area contributed by atoms with Gasteiger partial charge in [0.25, 0.3) is 0 Å². The van der Waals surface area contributed by atoms with Crippen molar-refractivity contribution in [2.45, 2.75) is 0 Å². The van der Waals surface area contributed by atoms with Crippen molar-refractivity contribution in [2.75, 3.05) is 12.8 Å². The highest BCUT2D eigenvalue weighted by atomic mass is 19.2. The molecule has 0 unspecified atom stereocenters. The summed E-state index contributed by atoms with van der Waals surface area (Å²) in [6, 6.07) is 3.31. The molecule has 0 aliphatic rings. The SMILES string of the molecule is COc1nc(N)nc(-c2ccc(F)c(F)c2)n1. The zero-order valence-corrected chi connectivity index (χ0v) is 8.82. The summed E-state index contributed by atoms with van der Waals surface area (Å²) in [5.74, 6) is -1.87. The molecule has 0 aliphatic carbocycles. The van der Waals surface area contributed by atoms with Crippen LogP contribution in [0.4, 0.5) is 14.7 Å². The molecule has 88 valence electrons. The van der Waals surface area contributed by atoms with Gasteiger partial charge in [-0.15, -0.1) is 0 Å². The van der Waals surface area contributed by atoms with Crippen LogP contribution in [-0.2, 0) is 0 Å². The Morgan fingerprint density at radius 1 is 1.12 bits per heavy atom. The van der Waals surface area contributed by atoms with Gasteiger partial charge < -0.3 is 10.5 Å². The van der Waals surface area contributed by atoms with Crippen molar-refractivity contribution in [3.63, 3.8) is 0 Å². The highest BCUT2D eigenvalue weighted by molar-refractivity contribution is 5.56. The van der Waals surface area contributed by atoms with Crippen LogP contribution < -0.4 is 10.5 Å². The molecule has 7 heteroatoms. The fraction of sp³-hybridized carbons (Fsp3) is 0.100. The van der Waals surface area contributed by atoms with Crippen LogP contribution in [0.1, 0.15) is 0 Å². The van der Waals surface area contributed by atoms with E-state index >= 15 is 0 Å². The zero-order valence-electron chi connectivity index (χ0n) is 8.82. The minimum absolute atomic E-state index is 0.0113. The van der Waals surface area contributed by atoms with E-state index in [4.69, 9.17) is 10.5 Å². The Hall–Kier alpha value is -2.31. The van der Waals surface area contributed by atoms with E-state index in [9.17, 15) is 8.78 Å². The number of hydrogen-bond donors (Lipinski definition) is 1. The molecule has 0 atom stereocenters. The molecule has 0 spiro atoms. The van der Waals surface area contributed by atoms with Gasteiger partial charge >= 0.3 is 6.01 Å². The van der Waals surface area contributed by atoms with Crippen LogP contribution in [0, 0.1) is 11.6 Å². The highest BCUT2D eigenvalue weighted by Crippen LogP contribution is 2.19. The first-order valence-electron chi connectivity index (χ1n) is 4.61. The number of anilines is 1. The fourth-order valence-electron chi connectivity index (χ4n) is 1.23. The lowest BCUT2D eigenvalue weighted by Crippen LogP contribution is -2.02. The lowest BCUT2D eigenvalue weighted by Gasteiger charge is -2.03. The quantitative estimate of drug-likeness (QED) is 0.856. The first kappa shape index (κ1) is 11.2. The van der Waals surface area contributed by atoms with Crippen LogP contribution in [0.15, 0.2) is 18.2 Å². The molecule has 5 nitrogen and oxygen atoms in total. The molecule has 0 fully saturated rings. The van der Waals surface area contributed by atoms with E-state index in [1.54, 1.807) is 0 Å². The summed E-state index contributed by atoms with van der Waals surface area (Å²) < 4.78 is 30.6. The summed E-state index contributed by atoms with van der Waals surface area (Å²) in [5, 5.41) is 0. The average molecular weight is 238 g/mol. The number of aromatic nitrogens is 3. The molecular formula is C10H8F2N4O. The number of rotatable bonds is 2. The third kappa shape index (κ3) is 2.27. The third-order valence-electron chi connectivity index (χ3n) is 1.99. The van der Waals surface area contributed by atoms with Crippen LogP contribution in [-0.4, -0.2) is 22.1 Å². The van der Waals surface area contributed by atoms with Gasteiger partial charge in [0.15, 0.2) is 17.5 Å². The van der Waals surface area contributed by atoms with Gasteiger partial charge in [-0.25, -0.2) is 8.78 Å². The summed E-state index contributed by atoms with van der Waals surface area (Å²) >= 11 is 0. The zero-order chi connectivity index (χ0) is 12.4. The van der Waals surface area contributed by atoms with Gasteiger partial charge in [0, 0.05) is 5.56 Å². The van der Waals surface area contributed by atoms with Gasteiger partial charge in [0.05, 0.1) is 7.11 Å². The highest BCUT2D eigenvalue weighted by Gasteiger charge is 2.09. The maximum Gasteiger partial charge on any atom is 0.321 e. The number of nitrogens with zero attached hydrogens (tertiary/aromatic N) is 3. The second kappa shape index (κ2) is 4.28. The van der Waals surface area contributed by atoms with Crippen molar-refractivity contribution in [3.8, 4) is 17.4 Å². The third-order valence-corrected chi connectivity index (χ3v) is 1.99. The average Bonchev–Trinajstić information content (AvgIpc) is 2.32. The number of nitrogen functional groups attached to an aromatic ring is 1. The smallest absolute Gasteiger partial charge is 0.321 e. The van der Waals surface area contributed by atoms with Crippen molar-refractivity contribution in [1.29, 1.82) is 0 Å². The predicted octanol–water partition coefficient (Wildman–Crippen LogP) is 1.41. The molecule has 0 amide bonds. The van der Waals surface area contributed by atoms with E-state index in [0.717, 1.165) is 12.1 Å². The second-order valence-electron chi connectivity index (χ2n) is 3.13. The number of ether oxygens (including phenoxy) is 1. The molecule has 2 N–H and O–H groups in total. The molecule has 1 heterocycles. The van der Waals surface area contributed by atoms with E-state index in [0.29, 0.717) is 0 Å². The van der Waals surface area contributed by atoms with Gasteiger partial charge in [0.2, 0.25) is 5.95 Å². The number of methoxy groups -OCH3 is 1. The van der Waals surface area contributed by atoms with Crippen molar-refractivity contribution < 1.29 is 13.5 Å². The molecule has 2 rings (SSSR count). The van der Waals surface area contributed by atoms with Crippen molar-refractivity contribution >= 4 is 5.95 Å². The monoisotopic (exact) mass is 238 g/mol. The molecule has 0 saturated carbocycles. The first-order chi connectivity index (χ1) is 8.10. The Morgan fingerprint density at radius 2 is 1.88 bits per heavy atom. The molecular weight excluding hydrogens is 230 g/mol. The van der Waals surface area contributed by atoms with E-state index in [2.05, 4.69) is 15.0 Å². The van der Waals surface area contributed by atoms with Crippen LogP contribution in [0.5, 0.6) is 6.01 Å². The topological polar surface area (TPSA) is 73.9 Å². The van der Waals surface area contributed by atoms with E-state index < -0.39 is 11.6 Å². The van der Waals surface area contributed by atoms with Crippen LogP contribution in [0.25, 0.3) is 11.4 Å². The number of nitrogens with two attached hydrogens (primary N) is 1. The fourth-order valence-corrected chi connectivity index (χ4v) is 1.23. The summed E-state index contributed by atoms with van der Waals surface area (Å²) in [4.78, 5) is 11.4. The van der Waals surface area contributed by atoms with E-state index in [1.807, 2.05) is 0 Å². The first-order valence-corrected chi connectivity index (χ1v) is 4.61. The van der Waals surface area contributed by atoms with Crippen LogP contribution >= 0.6 is 0 Å². The maximum absolute atomic E-state index is 13.0. The normalized spacial score (nSPS) is 10.3. The molecule has 17 heavy (non-hydrogen) atoms. The molecule has 1 aromatic carbocycles. The summed E-state index contributed by atoms with van der Waals surface area (Å²) in [6.45, 7) is 0. The Labute approximate surface area is 95.3 Å². The Balaban J connectivity index is 2.52. The summed E-state index contributed by atoms with van der Waals surface area (Å²) in [5.41, 5.74) is 5.72. The Kier molecular flexibility index (Phi) is 2.82. The Morgan fingerprint density at radius 3 is 2.53 bits per heavy atom. The number of hydrogen-bond acceptors (Lipinski definition) is 5. The molecule has 0 saturated heterocycles. The second-order valence-corrected chi connectivity index (χ2v) is 3.13. The van der Waals surface area contributed by atoms with Gasteiger partial charge in [-0.3, -0.25) is 0 Å². The van der Waals surface area contributed by atoms with Crippen molar-refractivity contribution in [1.82, 2.24) is 15.0 Å². The lowest BCUT2D eigenvalue weighted by atomic mass is 10.2. The summed E-state index contributed by atoms with van der Waals surface area (Å²) in [7, 11) is 1.36. The molecule has 0 radical (unpaired) electrons.